The third kappa shape index (κ3) is 2.34. The normalized spacial score (nSPS) is 41.9. The quantitative estimate of drug-likeness (QED) is 0.683. The maximum Gasteiger partial charge on any atom is 0.151 e. The fourth-order valence-electron chi connectivity index (χ4n) is 2.88. The first kappa shape index (κ1) is 11.4. The van der Waals surface area contributed by atoms with Crippen molar-refractivity contribution in [1.82, 2.24) is 10.2 Å². The maximum atomic E-state index is 11.5. The van der Waals surface area contributed by atoms with Crippen molar-refractivity contribution in [3.8, 4) is 0 Å². The van der Waals surface area contributed by atoms with Gasteiger partial charge >= 0.3 is 0 Å². The van der Waals surface area contributed by atoms with Crippen LogP contribution in [-0.2, 0) is 9.84 Å². The Hall–Kier alpha value is -0.130. The molecule has 2 heterocycles. The number of hydrogen-bond donors (Lipinski definition) is 1. The Morgan fingerprint density at radius 2 is 1.80 bits per heavy atom. The Morgan fingerprint density at radius 3 is 2.27 bits per heavy atom. The average Bonchev–Trinajstić information content (AvgIpc) is 2.46. The van der Waals surface area contributed by atoms with E-state index >= 15 is 0 Å². The summed E-state index contributed by atoms with van der Waals surface area (Å²) in [5, 5.41) is 3.37. The third-order valence-corrected chi connectivity index (χ3v) is 5.28. The van der Waals surface area contributed by atoms with Crippen LogP contribution in [0, 0.1) is 0 Å². The molecule has 2 aliphatic rings. The second-order valence-electron chi connectivity index (χ2n) is 4.86. The molecular formula is C10H20N2O2S. The van der Waals surface area contributed by atoms with E-state index in [9.17, 15) is 8.42 Å². The number of sulfone groups is 1. The molecule has 2 rings (SSSR count). The van der Waals surface area contributed by atoms with Gasteiger partial charge in [-0.25, -0.2) is 8.42 Å². The van der Waals surface area contributed by atoms with Gasteiger partial charge in [0, 0.05) is 31.2 Å². The summed E-state index contributed by atoms with van der Waals surface area (Å²) in [4.78, 5) is 2.39. The summed E-state index contributed by atoms with van der Waals surface area (Å²) in [6.07, 6.45) is 0.816. The molecule has 0 bridgehead atoms. The molecule has 4 nitrogen and oxygen atoms in total. The first-order valence-corrected chi connectivity index (χ1v) is 7.50. The molecular weight excluding hydrogens is 212 g/mol. The summed E-state index contributed by atoms with van der Waals surface area (Å²) in [5.74, 6) is 0.739. The lowest BCUT2D eigenvalue weighted by atomic mass is 10.1. The van der Waals surface area contributed by atoms with E-state index in [2.05, 4.69) is 24.1 Å². The number of piperazine rings is 1. The number of nitrogens with one attached hydrogen (secondary N) is 1. The van der Waals surface area contributed by atoms with Crippen LogP contribution in [0.5, 0.6) is 0 Å². The summed E-state index contributed by atoms with van der Waals surface area (Å²) in [6.45, 7) is 6.29. The van der Waals surface area contributed by atoms with Gasteiger partial charge in [0.2, 0.25) is 0 Å². The molecule has 0 amide bonds. The van der Waals surface area contributed by atoms with Crippen LogP contribution >= 0.6 is 0 Å². The molecule has 0 aromatic rings. The Morgan fingerprint density at radius 1 is 1.20 bits per heavy atom. The molecule has 0 spiro atoms. The van der Waals surface area contributed by atoms with E-state index in [-0.39, 0.29) is 6.04 Å². The zero-order valence-corrected chi connectivity index (χ0v) is 10.3. The Balaban J connectivity index is 2.09. The minimum Gasteiger partial charge on any atom is -0.314 e. The van der Waals surface area contributed by atoms with E-state index < -0.39 is 9.84 Å². The van der Waals surface area contributed by atoms with Crippen LogP contribution in [0.4, 0.5) is 0 Å². The van der Waals surface area contributed by atoms with Gasteiger partial charge in [-0.15, -0.1) is 0 Å². The predicted octanol–water partition coefficient (Wildman–Crippen LogP) is -0.144. The molecule has 3 unspecified atom stereocenters. The summed E-state index contributed by atoms with van der Waals surface area (Å²) < 4.78 is 22.9. The molecule has 2 aliphatic heterocycles. The van der Waals surface area contributed by atoms with Gasteiger partial charge in [-0.2, -0.15) is 0 Å². The summed E-state index contributed by atoms with van der Waals surface area (Å²) in [6, 6.07) is 1.15. The van der Waals surface area contributed by atoms with E-state index in [1.165, 1.54) is 0 Å². The Bertz CT molecular complexity index is 318. The maximum absolute atomic E-state index is 11.5. The first-order valence-electron chi connectivity index (χ1n) is 5.68. The van der Waals surface area contributed by atoms with Gasteiger partial charge in [0.25, 0.3) is 0 Å². The molecule has 15 heavy (non-hydrogen) atoms. The third-order valence-electron chi connectivity index (χ3n) is 3.53. The monoisotopic (exact) mass is 232 g/mol. The average molecular weight is 232 g/mol. The number of rotatable bonds is 1. The molecule has 0 radical (unpaired) electrons. The van der Waals surface area contributed by atoms with Gasteiger partial charge in [0.1, 0.15) is 0 Å². The van der Waals surface area contributed by atoms with Crippen molar-refractivity contribution in [3.05, 3.63) is 0 Å². The molecule has 2 saturated heterocycles. The molecule has 88 valence electrons. The van der Waals surface area contributed by atoms with Gasteiger partial charge < -0.3 is 5.32 Å². The minimum atomic E-state index is -2.75. The van der Waals surface area contributed by atoms with Gasteiger partial charge in [0.15, 0.2) is 9.84 Å². The Kier molecular flexibility index (Phi) is 3.05. The summed E-state index contributed by atoms with van der Waals surface area (Å²) >= 11 is 0. The fourth-order valence-corrected chi connectivity index (χ4v) is 4.60. The van der Waals surface area contributed by atoms with Crippen molar-refractivity contribution >= 4 is 9.84 Å². The smallest absolute Gasteiger partial charge is 0.151 e. The highest BCUT2D eigenvalue weighted by molar-refractivity contribution is 7.91. The van der Waals surface area contributed by atoms with Gasteiger partial charge in [-0.05, 0) is 20.3 Å². The van der Waals surface area contributed by atoms with Crippen molar-refractivity contribution in [1.29, 1.82) is 0 Å². The molecule has 2 fully saturated rings. The Labute approximate surface area is 91.9 Å². The zero-order chi connectivity index (χ0) is 11.1. The standard InChI is InChI=1S/C10H20N2O2S/c1-8-5-11-6-9(2)12(8)10-3-4-15(13,14)7-10/h8-11H,3-7H2,1-2H3. The number of hydrogen-bond acceptors (Lipinski definition) is 4. The minimum absolute atomic E-state index is 0.252. The lowest BCUT2D eigenvalue weighted by Gasteiger charge is -2.42. The van der Waals surface area contributed by atoms with E-state index in [4.69, 9.17) is 0 Å². The van der Waals surface area contributed by atoms with Crippen LogP contribution < -0.4 is 5.32 Å². The van der Waals surface area contributed by atoms with Crippen LogP contribution in [-0.4, -0.2) is 56.0 Å². The van der Waals surface area contributed by atoms with E-state index in [1.807, 2.05) is 0 Å². The SMILES string of the molecule is CC1CNCC(C)N1C1CCS(=O)(=O)C1. The molecule has 0 aromatic heterocycles. The van der Waals surface area contributed by atoms with Crippen LogP contribution in [0.3, 0.4) is 0 Å². The second-order valence-corrected chi connectivity index (χ2v) is 7.09. The van der Waals surface area contributed by atoms with Crippen molar-refractivity contribution in [2.75, 3.05) is 24.6 Å². The molecule has 3 atom stereocenters. The number of nitrogens with zero attached hydrogens (tertiary/aromatic N) is 1. The van der Waals surface area contributed by atoms with Crippen LogP contribution in [0.2, 0.25) is 0 Å². The highest BCUT2D eigenvalue weighted by Crippen LogP contribution is 2.23. The van der Waals surface area contributed by atoms with E-state index in [1.54, 1.807) is 0 Å². The van der Waals surface area contributed by atoms with E-state index in [0.29, 0.717) is 23.6 Å². The summed E-state index contributed by atoms with van der Waals surface area (Å²) in [7, 11) is -2.75. The topological polar surface area (TPSA) is 49.4 Å². The van der Waals surface area contributed by atoms with Gasteiger partial charge in [-0.1, -0.05) is 0 Å². The van der Waals surface area contributed by atoms with Crippen LogP contribution in [0.25, 0.3) is 0 Å². The van der Waals surface area contributed by atoms with Crippen molar-refractivity contribution in [2.24, 2.45) is 0 Å². The largest absolute Gasteiger partial charge is 0.314 e. The second kappa shape index (κ2) is 4.03. The molecule has 1 N–H and O–H groups in total. The van der Waals surface area contributed by atoms with Crippen LogP contribution in [0.15, 0.2) is 0 Å². The van der Waals surface area contributed by atoms with Crippen molar-refractivity contribution in [2.45, 2.75) is 38.4 Å². The molecule has 0 saturated carbocycles. The highest BCUT2D eigenvalue weighted by atomic mass is 32.2. The predicted molar refractivity (Wildman–Crippen MR) is 60.7 cm³/mol. The van der Waals surface area contributed by atoms with Crippen molar-refractivity contribution < 1.29 is 8.42 Å². The van der Waals surface area contributed by atoms with Gasteiger partial charge in [-0.3, -0.25) is 4.90 Å². The van der Waals surface area contributed by atoms with Crippen molar-refractivity contribution in [3.63, 3.8) is 0 Å². The first-order chi connectivity index (χ1) is 6.99. The lowest BCUT2D eigenvalue weighted by molar-refractivity contribution is 0.0776. The lowest BCUT2D eigenvalue weighted by Crippen LogP contribution is -2.58. The fraction of sp³-hybridized carbons (Fsp3) is 1.00. The van der Waals surface area contributed by atoms with Gasteiger partial charge in [0.05, 0.1) is 11.5 Å². The van der Waals surface area contributed by atoms with Crippen LogP contribution in [0.1, 0.15) is 20.3 Å². The van der Waals surface area contributed by atoms with E-state index in [0.717, 1.165) is 19.5 Å². The molecule has 0 aromatic carbocycles. The zero-order valence-electron chi connectivity index (χ0n) is 9.44. The highest BCUT2D eigenvalue weighted by Gasteiger charge is 2.37. The molecule has 0 aliphatic carbocycles. The summed E-state index contributed by atoms with van der Waals surface area (Å²) in [5.41, 5.74) is 0. The molecule has 5 heteroatoms.